The maximum absolute atomic E-state index is 12.3. The second-order valence-corrected chi connectivity index (χ2v) is 5.53. The summed E-state index contributed by atoms with van der Waals surface area (Å²) in [6.07, 6.45) is 2.25. The highest BCUT2D eigenvalue weighted by Crippen LogP contribution is 2.20. The first-order valence-electron chi connectivity index (χ1n) is 7.28. The summed E-state index contributed by atoms with van der Waals surface area (Å²) in [7, 11) is 1.63. The van der Waals surface area contributed by atoms with Crippen LogP contribution in [-0.4, -0.2) is 32.1 Å². The van der Waals surface area contributed by atoms with Gasteiger partial charge in [0.25, 0.3) is 5.91 Å². The lowest BCUT2D eigenvalue weighted by Crippen LogP contribution is -2.42. The maximum atomic E-state index is 12.3. The van der Waals surface area contributed by atoms with Gasteiger partial charge in [0.1, 0.15) is 5.75 Å². The zero-order chi connectivity index (χ0) is 14.5. The molecule has 1 fully saturated rings. The minimum Gasteiger partial charge on any atom is -0.496 e. The molecule has 1 saturated heterocycles. The Morgan fingerprint density at radius 1 is 1.40 bits per heavy atom. The number of rotatable bonds is 4. The maximum Gasteiger partial charge on any atom is 0.251 e. The number of amides is 1. The molecule has 0 aromatic heterocycles. The van der Waals surface area contributed by atoms with Gasteiger partial charge in [0.05, 0.1) is 7.11 Å². The molecule has 0 bridgehead atoms. The van der Waals surface area contributed by atoms with Crippen LogP contribution < -0.4 is 15.4 Å². The number of hydrogen-bond donors (Lipinski definition) is 2. The van der Waals surface area contributed by atoms with Crippen LogP contribution in [0.3, 0.4) is 0 Å². The summed E-state index contributed by atoms with van der Waals surface area (Å²) in [5.41, 5.74) is 1.70. The topological polar surface area (TPSA) is 50.4 Å². The van der Waals surface area contributed by atoms with E-state index >= 15 is 0 Å². The zero-order valence-electron chi connectivity index (χ0n) is 12.5. The molecule has 0 spiro atoms. The first-order chi connectivity index (χ1) is 9.61. The van der Waals surface area contributed by atoms with Gasteiger partial charge in [-0.05, 0) is 63.4 Å². The van der Waals surface area contributed by atoms with Crippen LogP contribution in [0.15, 0.2) is 18.2 Å². The van der Waals surface area contributed by atoms with E-state index in [1.165, 1.54) is 0 Å². The second-order valence-electron chi connectivity index (χ2n) is 5.53. The normalized spacial score (nSPS) is 17.6. The van der Waals surface area contributed by atoms with Crippen LogP contribution in [0.1, 0.15) is 35.7 Å². The lowest BCUT2D eigenvalue weighted by Gasteiger charge is -2.28. The summed E-state index contributed by atoms with van der Waals surface area (Å²) in [6, 6.07) is 5.78. The van der Waals surface area contributed by atoms with Crippen LogP contribution in [0.25, 0.3) is 0 Å². The van der Waals surface area contributed by atoms with E-state index in [1.54, 1.807) is 13.2 Å². The molecule has 1 heterocycles. The van der Waals surface area contributed by atoms with Gasteiger partial charge >= 0.3 is 0 Å². The number of nitrogens with one attached hydrogen (secondary N) is 2. The smallest absolute Gasteiger partial charge is 0.251 e. The third-order valence-corrected chi connectivity index (χ3v) is 4.12. The Bertz CT molecular complexity index is 468. The largest absolute Gasteiger partial charge is 0.496 e. The highest BCUT2D eigenvalue weighted by atomic mass is 16.5. The van der Waals surface area contributed by atoms with Crippen molar-refractivity contribution in [3.05, 3.63) is 29.3 Å². The molecule has 1 aromatic rings. The van der Waals surface area contributed by atoms with Crippen LogP contribution in [-0.2, 0) is 0 Å². The van der Waals surface area contributed by atoms with Crippen molar-refractivity contribution in [2.24, 2.45) is 5.92 Å². The fourth-order valence-corrected chi connectivity index (χ4v) is 2.71. The fraction of sp³-hybridized carbons (Fsp3) is 0.562. The standard InChI is InChI=1S/C16H24N2O2/c1-11-4-5-14(10-15(11)20-3)16(19)18-12(2)13-6-8-17-9-7-13/h4-5,10,12-13,17H,6-9H2,1-3H3,(H,18,19). The fourth-order valence-electron chi connectivity index (χ4n) is 2.71. The van der Waals surface area contributed by atoms with Gasteiger partial charge in [-0.1, -0.05) is 6.07 Å². The van der Waals surface area contributed by atoms with Crippen LogP contribution in [0.5, 0.6) is 5.75 Å². The molecule has 110 valence electrons. The van der Waals surface area contributed by atoms with Crippen molar-refractivity contribution in [3.63, 3.8) is 0 Å². The quantitative estimate of drug-likeness (QED) is 0.885. The van der Waals surface area contributed by atoms with E-state index in [0.29, 0.717) is 11.5 Å². The summed E-state index contributed by atoms with van der Waals surface area (Å²) in [5, 5.41) is 6.46. The van der Waals surface area contributed by atoms with Crippen molar-refractivity contribution < 1.29 is 9.53 Å². The molecule has 1 atom stereocenters. The van der Waals surface area contributed by atoms with E-state index in [2.05, 4.69) is 17.6 Å². The first-order valence-corrected chi connectivity index (χ1v) is 7.28. The SMILES string of the molecule is COc1cc(C(=O)NC(C)C2CCNCC2)ccc1C. The molecule has 1 aromatic carbocycles. The Labute approximate surface area is 120 Å². The van der Waals surface area contributed by atoms with Gasteiger partial charge in [0.2, 0.25) is 0 Å². The number of methoxy groups -OCH3 is 1. The average Bonchev–Trinajstić information content (AvgIpc) is 2.48. The molecular weight excluding hydrogens is 252 g/mol. The molecule has 1 aliphatic rings. The second kappa shape index (κ2) is 6.75. The Morgan fingerprint density at radius 2 is 2.10 bits per heavy atom. The van der Waals surface area contributed by atoms with E-state index in [4.69, 9.17) is 4.74 Å². The predicted molar refractivity (Wildman–Crippen MR) is 80.3 cm³/mol. The van der Waals surface area contributed by atoms with E-state index < -0.39 is 0 Å². The van der Waals surface area contributed by atoms with Gasteiger partial charge in [0, 0.05) is 11.6 Å². The molecule has 0 saturated carbocycles. The van der Waals surface area contributed by atoms with Crippen molar-refractivity contribution in [3.8, 4) is 5.75 Å². The lowest BCUT2D eigenvalue weighted by atomic mass is 9.91. The number of piperidine rings is 1. The van der Waals surface area contributed by atoms with E-state index in [0.717, 1.165) is 37.2 Å². The van der Waals surface area contributed by atoms with Crippen molar-refractivity contribution in [1.29, 1.82) is 0 Å². The summed E-state index contributed by atoms with van der Waals surface area (Å²) >= 11 is 0. The van der Waals surface area contributed by atoms with E-state index in [-0.39, 0.29) is 11.9 Å². The molecule has 1 amide bonds. The van der Waals surface area contributed by atoms with Crippen molar-refractivity contribution in [2.75, 3.05) is 20.2 Å². The minimum atomic E-state index is -0.0191. The summed E-state index contributed by atoms with van der Waals surface area (Å²) in [5.74, 6) is 1.30. The third kappa shape index (κ3) is 3.51. The molecule has 20 heavy (non-hydrogen) atoms. The number of hydrogen-bond acceptors (Lipinski definition) is 3. The highest BCUT2D eigenvalue weighted by Gasteiger charge is 2.21. The number of ether oxygens (including phenoxy) is 1. The molecule has 0 aliphatic carbocycles. The summed E-state index contributed by atoms with van der Waals surface area (Å²) in [4.78, 5) is 12.3. The van der Waals surface area contributed by atoms with Crippen LogP contribution in [0.4, 0.5) is 0 Å². The molecule has 4 heteroatoms. The van der Waals surface area contributed by atoms with Gasteiger partial charge in [-0.15, -0.1) is 0 Å². The van der Waals surface area contributed by atoms with Gasteiger partial charge < -0.3 is 15.4 Å². The third-order valence-electron chi connectivity index (χ3n) is 4.12. The molecule has 1 unspecified atom stereocenters. The Balaban J connectivity index is 2.00. The molecule has 2 rings (SSSR count). The van der Waals surface area contributed by atoms with Crippen LogP contribution in [0.2, 0.25) is 0 Å². The minimum absolute atomic E-state index is 0.0191. The summed E-state index contributed by atoms with van der Waals surface area (Å²) in [6.45, 7) is 6.16. The van der Waals surface area contributed by atoms with Gasteiger partial charge in [0.15, 0.2) is 0 Å². The molecule has 2 N–H and O–H groups in total. The number of aryl methyl sites for hydroxylation is 1. The van der Waals surface area contributed by atoms with Gasteiger partial charge in [-0.2, -0.15) is 0 Å². The molecule has 4 nitrogen and oxygen atoms in total. The van der Waals surface area contributed by atoms with Crippen molar-refractivity contribution in [1.82, 2.24) is 10.6 Å². The van der Waals surface area contributed by atoms with E-state index in [9.17, 15) is 4.79 Å². The average molecular weight is 276 g/mol. The lowest BCUT2D eigenvalue weighted by molar-refractivity contribution is 0.0920. The van der Waals surface area contributed by atoms with Gasteiger partial charge in [-0.25, -0.2) is 0 Å². The van der Waals surface area contributed by atoms with Gasteiger partial charge in [-0.3, -0.25) is 4.79 Å². The molecule has 0 radical (unpaired) electrons. The van der Waals surface area contributed by atoms with Crippen LogP contribution >= 0.6 is 0 Å². The number of benzene rings is 1. The Kier molecular flexibility index (Phi) is 5.01. The Hall–Kier alpha value is -1.55. The monoisotopic (exact) mass is 276 g/mol. The van der Waals surface area contributed by atoms with Crippen molar-refractivity contribution in [2.45, 2.75) is 32.7 Å². The van der Waals surface area contributed by atoms with Crippen molar-refractivity contribution >= 4 is 5.91 Å². The zero-order valence-corrected chi connectivity index (χ0v) is 12.5. The summed E-state index contributed by atoms with van der Waals surface area (Å²) < 4.78 is 5.27. The van der Waals surface area contributed by atoms with Crippen LogP contribution in [0, 0.1) is 12.8 Å². The highest BCUT2D eigenvalue weighted by molar-refractivity contribution is 5.94. The number of carbonyl (C=O) groups is 1. The number of carbonyl (C=O) groups excluding carboxylic acids is 1. The van der Waals surface area contributed by atoms with E-state index in [1.807, 2.05) is 19.1 Å². The first kappa shape index (κ1) is 14.9. The molecular formula is C16H24N2O2. The Morgan fingerprint density at radius 3 is 2.75 bits per heavy atom. The molecule has 1 aliphatic heterocycles. The predicted octanol–water partition coefficient (Wildman–Crippen LogP) is 2.12.